The van der Waals surface area contributed by atoms with Crippen LogP contribution in [0.25, 0.3) is 0 Å². The van der Waals surface area contributed by atoms with E-state index in [-0.39, 0.29) is 19.1 Å². The topological polar surface area (TPSA) is 105 Å². The van der Waals surface area contributed by atoms with Crippen LogP contribution in [0.4, 0.5) is 0 Å². The van der Waals surface area contributed by atoms with Gasteiger partial charge in [0, 0.05) is 6.42 Å². The summed E-state index contributed by atoms with van der Waals surface area (Å²) in [6, 6.07) is -0.757. The van der Waals surface area contributed by atoms with Gasteiger partial charge in [0.25, 0.3) is 0 Å². The van der Waals surface area contributed by atoms with Crippen molar-refractivity contribution in [3.8, 4) is 0 Å². The number of hydrogen-bond acceptors (Lipinski definition) is 5. The van der Waals surface area contributed by atoms with Crippen LogP contribution in [0.3, 0.4) is 0 Å². The van der Waals surface area contributed by atoms with Gasteiger partial charge in [0.2, 0.25) is 5.91 Å². The molecule has 57 heavy (non-hydrogen) atoms. The molecule has 0 aliphatic heterocycles. The Balaban J connectivity index is 4.12. The summed E-state index contributed by atoms with van der Waals surface area (Å²) >= 11 is 0. The van der Waals surface area contributed by atoms with E-state index in [1.54, 1.807) is 0 Å². The summed E-state index contributed by atoms with van der Waals surface area (Å²) < 4.78 is 23.6. The second kappa shape index (κ2) is 40.4. The maximum absolute atomic E-state index is 12.9. The predicted molar refractivity (Wildman–Crippen MR) is 245 cm³/mol. The number of amides is 1. The average molecular weight is 828 g/mol. The fourth-order valence-corrected chi connectivity index (χ4v) is 7.81. The number of allylic oxidation sites excluding steroid dienone is 4. The number of likely N-dealkylation sites (N-methyl/N-ethyl adjacent to an activating group) is 1. The lowest BCUT2D eigenvalue weighted by atomic mass is 10.0. The van der Waals surface area contributed by atoms with E-state index >= 15 is 0 Å². The van der Waals surface area contributed by atoms with E-state index in [1.807, 2.05) is 21.1 Å². The maximum Gasteiger partial charge on any atom is 0.472 e. The molecule has 8 nitrogen and oxygen atoms in total. The molecule has 0 fully saturated rings. The van der Waals surface area contributed by atoms with Gasteiger partial charge in [0.1, 0.15) is 13.2 Å². The molecule has 0 aliphatic carbocycles. The van der Waals surface area contributed by atoms with Crippen LogP contribution in [0.2, 0.25) is 0 Å². The Morgan fingerprint density at radius 1 is 0.596 bits per heavy atom. The molecule has 0 aromatic carbocycles. The third kappa shape index (κ3) is 42.9. The minimum atomic E-state index is -4.31. The highest BCUT2D eigenvalue weighted by Gasteiger charge is 2.28. The predicted octanol–water partition coefficient (Wildman–Crippen LogP) is 13.7. The number of unbranched alkanes of at least 4 members (excludes halogenated alkanes) is 27. The van der Waals surface area contributed by atoms with Crippen molar-refractivity contribution in [3.63, 3.8) is 0 Å². The zero-order valence-corrected chi connectivity index (χ0v) is 39.2. The smallest absolute Gasteiger partial charge is 0.391 e. The lowest BCUT2D eigenvalue weighted by Crippen LogP contribution is -2.46. The van der Waals surface area contributed by atoms with Crippen LogP contribution in [0.1, 0.15) is 226 Å². The van der Waals surface area contributed by atoms with E-state index in [4.69, 9.17) is 9.05 Å². The molecule has 0 heterocycles. The molecule has 0 spiro atoms. The van der Waals surface area contributed by atoms with Gasteiger partial charge in [-0.1, -0.05) is 199 Å². The van der Waals surface area contributed by atoms with E-state index < -0.39 is 20.0 Å². The molecule has 3 atom stereocenters. The number of aliphatic hydroxyl groups is 1. The van der Waals surface area contributed by atoms with Gasteiger partial charge in [-0.3, -0.25) is 13.8 Å². The molecule has 338 valence electrons. The molecule has 0 bridgehead atoms. The minimum Gasteiger partial charge on any atom is -0.391 e. The first-order valence-corrected chi connectivity index (χ1v) is 25.7. The molecule has 0 radical (unpaired) electrons. The van der Waals surface area contributed by atoms with Crippen molar-refractivity contribution in [2.24, 2.45) is 0 Å². The Kier molecular flexibility index (Phi) is 39.7. The van der Waals surface area contributed by atoms with Crippen LogP contribution in [0.5, 0.6) is 0 Å². The summed E-state index contributed by atoms with van der Waals surface area (Å²) in [6.45, 7) is 4.87. The number of phosphoric acid groups is 1. The number of hydrogen-bond donors (Lipinski definition) is 3. The molecular weight excluding hydrogens is 732 g/mol. The molecule has 0 aromatic rings. The largest absolute Gasteiger partial charge is 0.472 e. The Labute approximate surface area is 354 Å². The van der Waals surface area contributed by atoms with Gasteiger partial charge in [0.05, 0.1) is 39.9 Å². The van der Waals surface area contributed by atoms with Crippen molar-refractivity contribution >= 4 is 13.7 Å². The van der Waals surface area contributed by atoms with Crippen LogP contribution in [0.15, 0.2) is 24.3 Å². The third-order valence-electron chi connectivity index (χ3n) is 11.0. The number of phosphoric ester groups is 1. The standard InChI is InChI=1S/C48H95N2O6P/c1-6-8-10-12-14-16-18-19-20-21-22-23-24-25-26-27-28-29-30-31-32-34-36-38-40-42-48(52)49-46(45-56-57(53,54)55-44-43-50(3,4)5)47(51)41-39-37-35-33-17-15-13-11-9-7-2/h18-19,21-22,46-47,51H,6-17,20,23-45H2,1-5H3,(H-,49,52,53,54)/p+1/b19-18-,22-21-. The highest BCUT2D eigenvalue weighted by Crippen LogP contribution is 2.43. The Morgan fingerprint density at radius 3 is 1.44 bits per heavy atom. The fourth-order valence-electron chi connectivity index (χ4n) is 7.08. The number of carbonyl (C=O) groups is 1. The fraction of sp³-hybridized carbons (Fsp3) is 0.896. The van der Waals surface area contributed by atoms with Crippen molar-refractivity contribution in [3.05, 3.63) is 24.3 Å². The van der Waals surface area contributed by atoms with E-state index in [0.717, 1.165) is 44.9 Å². The van der Waals surface area contributed by atoms with Gasteiger partial charge >= 0.3 is 7.82 Å². The first-order valence-electron chi connectivity index (χ1n) is 24.2. The molecule has 0 saturated carbocycles. The number of aliphatic hydroxyl groups excluding tert-OH is 1. The Hall–Kier alpha value is -1.02. The number of nitrogens with zero attached hydrogens (tertiary/aromatic N) is 1. The second-order valence-electron chi connectivity index (χ2n) is 17.8. The van der Waals surface area contributed by atoms with Crippen molar-refractivity contribution < 1.29 is 32.9 Å². The molecule has 3 N–H and O–H groups in total. The zero-order chi connectivity index (χ0) is 42.1. The highest BCUT2D eigenvalue weighted by molar-refractivity contribution is 7.47. The van der Waals surface area contributed by atoms with Gasteiger partial charge in [0.15, 0.2) is 0 Å². The van der Waals surface area contributed by atoms with Crippen LogP contribution in [-0.4, -0.2) is 73.4 Å². The van der Waals surface area contributed by atoms with Crippen molar-refractivity contribution in [1.29, 1.82) is 0 Å². The second-order valence-corrected chi connectivity index (χ2v) is 19.3. The van der Waals surface area contributed by atoms with Gasteiger partial charge in [-0.05, 0) is 44.9 Å². The molecule has 0 rings (SSSR count). The summed E-state index contributed by atoms with van der Waals surface area (Å²) in [6.07, 6.45) is 47.9. The third-order valence-corrected chi connectivity index (χ3v) is 11.9. The van der Waals surface area contributed by atoms with Gasteiger partial charge in [-0.25, -0.2) is 4.57 Å². The first-order chi connectivity index (χ1) is 27.5. The first kappa shape index (κ1) is 56.0. The van der Waals surface area contributed by atoms with Crippen LogP contribution < -0.4 is 5.32 Å². The highest BCUT2D eigenvalue weighted by atomic mass is 31.2. The number of quaternary nitrogens is 1. The molecular formula is C48H96N2O6P+. The molecule has 3 unspecified atom stereocenters. The van der Waals surface area contributed by atoms with E-state index in [9.17, 15) is 19.4 Å². The molecule has 1 amide bonds. The SMILES string of the molecule is CCCCCCC/C=C\C/C=C\CCCCCCCCCCCCCCCC(=O)NC(COP(=O)(O)OCC[N+](C)(C)C)C(O)CCCCCCCCCCCC. The van der Waals surface area contributed by atoms with Crippen LogP contribution in [0, 0.1) is 0 Å². The summed E-state index contributed by atoms with van der Waals surface area (Å²) in [5.41, 5.74) is 0. The van der Waals surface area contributed by atoms with Crippen molar-refractivity contribution in [2.45, 2.75) is 238 Å². The number of rotatable bonds is 44. The molecule has 0 aromatic heterocycles. The van der Waals surface area contributed by atoms with Crippen molar-refractivity contribution in [1.82, 2.24) is 5.32 Å². The summed E-state index contributed by atoms with van der Waals surface area (Å²) in [4.78, 5) is 23.1. The molecule has 0 saturated heterocycles. The van der Waals surface area contributed by atoms with E-state index in [1.165, 1.54) is 154 Å². The summed E-state index contributed by atoms with van der Waals surface area (Å²) in [5.74, 6) is -0.146. The normalized spacial score (nSPS) is 14.4. The minimum absolute atomic E-state index is 0.0754. The van der Waals surface area contributed by atoms with E-state index in [2.05, 4.69) is 43.5 Å². The zero-order valence-electron chi connectivity index (χ0n) is 38.3. The summed E-state index contributed by atoms with van der Waals surface area (Å²) in [5, 5.41) is 13.9. The van der Waals surface area contributed by atoms with Crippen LogP contribution >= 0.6 is 7.82 Å². The number of carbonyl (C=O) groups excluding carboxylic acids is 1. The summed E-state index contributed by atoms with van der Waals surface area (Å²) in [7, 11) is 1.62. The Bertz CT molecular complexity index is 984. The monoisotopic (exact) mass is 828 g/mol. The molecule has 0 aliphatic rings. The van der Waals surface area contributed by atoms with Crippen molar-refractivity contribution in [2.75, 3.05) is 40.9 Å². The van der Waals surface area contributed by atoms with Crippen LogP contribution in [-0.2, 0) is 18.4 Å². The maximum atomic E-state index is 12.9. The quantitative estimate of drug-likeness (QED) is 0.0244. The number of nitrogens with one attached hydrogen (secondary N) is 1. The van der Waals surface area contributed by atoms with Gasteiger partial charge < -0.3 is 19.8 Å². The average Bonchev–Trinajstić information content (AvgIpc) is 3.16. The Morgan fingerprint density at radius 2 is 1.00 bits per heavy atom. The lowest BCUT2D eigenvalue weighted by molar-refractivity contribution is -0.870. The van der Waals surface area contributed by atoms with E-state index in [0.29, 0.717) is 23.9 Å². The lowest BCUT2D eigenvalue weighted by Gasteiger charge is -2.26. The van der Waals surface area contributed by atoms with Gasteiger partial charge in [-0.15, -0.1) is 0 Å². The molecule has 9 heteroatoms. The van der Waals surface area contributed by atoms with Gasteiger partial charge in [-0.2, -0.15) is 0 Å².